The highest BCUT2D eigenvalue weighted by molar-refractivity contribution is 6.51. The standard InChI is InChI=1S/C26H23ClN2O3/c1-16-5-4-6-21(15-16)29-23(17-9-13-20(14-10-17)28(2)3)22(25(31)26(29)32)24(30)18-7-11-19(27)12-8-18/h4-15,23,30H,1-3H3/b24-22-. The van der Waals surface area contributed by atoms with Crippen LogP contribution in [0.25, 0.3) is 5.76 Å². The number of benzene rings is 3. The molecule has 6 heteroatoms. The molecule has 32 heavy (non-hydrogen) atoms. The van der Waals surface area contributed by atoms with Crippen LogP contribution in [0.5, 0.6) is 0 Å². The Kier molecular flexibility index (Phi) is 5.76. The normalized spacial score (nSPS) is 17.6. The Morgan fingerprint density at radius 2 is 1.62 bits per heavy atom. The monoisotopic (exact) mass is 446 g/mol. The molecule has 3 aromatic carbocycles. The SMILES string of the molecule is Cc1cccc(N2C(=O)C(=O)/C(=C(\O)c3ccc(Cl)cc3)C2c2ccc(N(C)C)cc2)c1. The summed E-state index contributed by atoms with van der Waals surface area (Å²) in [6.45, 7) is 1.93. The van der Waals surface area contributed by atoms with Gasteiger partial charge in [0, 0.05) is 36.1 Å². The topological polar surface area (TPSA) is 60.9 Å². The Morgan fingerprint density at radius 1 is 0.969 bits per heavy atom. The number of ketones is 1. The zero-order valence-electron chi connectivity index (χ0n) is 18.0. The lowest BCUT2D eigenvalue weighted by Crippen LogP contribution is -2.29. The van der Waals surface area contributed by atoms with E-state index >= 15 is 0 Å². The van der Waals surface area contributed by atoms with Crippen molar-refractivity contribution in [1.29, 1.82) is 0 Å². The molecule has 1 aliphatic heterocycles. The van der Waals surface area contributed by atoms with Gasteiger partial charge in [0.15, 0.2) is 0 Å². The molecule has 1 amide bonds. The van der Waals surface area contributed by atoms with Crippen LogP contribution in [-0.4, -0.2) is 30.9 Å². The number of aliphatic hydroxyl groups is 1. The van der Waals surface area contributed by atoms with Crippen LogP contribution >= 0.6 is 11.6 Å². The zero-order valence-corrected chi connectivity index (χ0v) is 18.8. The largest absolute Gasteiger partial charge is 0.507 e. The van der Waals surface area contributed by atoms with Gasteiger partial charge in [-0.1, -0.05) is 35.9 Å². The van der Waals surface area contributed by atoms with Gasteiger partial charge in [-0.05, 0) is 66.6 Å². The maximum absolute atomic E-state index is 13.2. The molecule has 5 nitrogen and oxygen atoms in total. The van der Waals surface area contributed by atoms with Crippen molar-refractivity contribution < 1.29 is 14.7 Å². The fourth-order valence-electron chi connectivity index (χ4n) is 3.91. The molecule has 3 aromatic rings. The van der Waals surface area contributed by atoms with Crippen LogP contribution in [0.15, 0.2) is 78.4 Å². The highest BCUT2D eigenvalue weighted by Gasteiger charge is 2.47. The highest BCUT2D eigenvalue weighted by atomic mass is 35.5. The van der Waals surface area contributed by atoms with Crippen LogP contribution in [-0.2, 0) is 9.59 Å². The average molecular weight is 447 g/mol. The van der Waals surface area contributed by atoms with Gasteiger partial charge >= 0.3 is 0 Å². The molecule has 0 spiro atoms. The van der Waals surface area contributed by atoms with Crippen molar-refractivity contribution in [2.45, 2.75) is 13.0 Å². The maximum atomic E-state index is 13.2. The Bertz CT molecular complexity index is 1210. The van der Waals surface area contributed by atoms with Crippen molar-refractivity contribution in [3.8, 4) is 0 Å². The lowest BCUT2D eigenvalue weighted by molar-refractivity contribution is -0.132. The average Bonchev–Trinajstić information content (AvgIpc) is 3.04. The van der Waals surface area contributed by atoms with Gasteiger partial charge in [-0.2, -0.15) is 0 Å². The minimum absolute atomic E-state index is 0.0523. The van der Waals surface area contributed by atoms with E-state index in [1.807, 2.05) is 68.4 Å². The van der Waals surface area contributed by atoms with Gasteiger partial charge < -0.3 is 10.0 Å². The molecular weight excluding hydrogens is 424 g/mol. The lowest BCUT2D eigenvalue weighted by Gasteiger charge is -2.26. The highest BCUT2D eigenvalue weighted by Crippen LogP contribution is 2.42. The molecule has 1 atom stereocenters. The quantitative estimate of drug-likeness (QED) is 0.334. The van der Waals surface area contributed by atoms with Gasteiger partial charge in [-0.25, -0.2) is 0 Å². The van der Waals surface area contributed by atoms with E-state index in [1.165, 1.54) is 4.90 Å². The molecule has 4 rings (SSSR count). The Balaban J connectivity index is 1.93. The maximum Gasteiger partial charge on any atom is 0.300 e. The van der Waals surface area contributed by atoms with Crippen LogP contribution in [0.3, 0.4) is 0 Å². The number of carbonyl (C=O) groups excluding carboxylic acids is 2. The van der Waals surface area contributed by atoms with Crippen LogP contribution in [0, 0.1) is 6.92 Å². The van der Waals surface area contributed by atoms with E-state index in [9.17, 15) is 14.7 Å². The molecule has 0 radical (unpaired) electrons. The molecule has 0 aromatic heterocycles. The van der Waals surface area contributed by atoms with E-state index in [0.29, 0.717) is 16.3 Å². The third-order valence-electron chi connectivity index (χ3n) is 5.57. The van der Waals surface area contributed by atoms with Gasteiger partial charge in [0.1, 0.15) is 5.76 Å². The van der Waals surface area contributed by atoms with E-state index in [-0.39, 0.29) is 11.3 Å². The minimum atomic E-state index is -0.760. The number of aliphatic hydroxyl groups excluding tert-OH is 1. The number of aryl methyl sites for hydroxylation is 1. The Hall–Kier alpha value is -3.57. The van der Waals surface area contributed by atoms with Crippen molar-refractivity contribution in [2.75, 3.05) is 23.9 Å². The number of Topliss-reactive ketones (excluding diaryl/α,β-unsaturated/α-hetero) is 1. The minimum Gasteiger partial charge on any atom is -0.507 e. The van der Waals surface area contributed by atoms with E-state index in [4.69, 9.17) is 11.6 Å². The molecule has 1 saturated heterocycles. The van der Waals surface area contributed by atoms with E-state index in [1.54, 1.807) is 30.3 Å². The van der Waals surface area contributed by atoms with E-state index < -0.39 is 17.7 Å². The molecule has 0 bridgehead atoms. The summed E-state index contributed by atoms with van der Waals surface area (Å²) in [7, 11) is 3.88. The molecule has 0 aliphatic carbocycles. The summed E-state index contributed by atoms with van der Waals surface area (Å²) in [6.07, 6.45) is 0. The summed E-state index contributed by atoms with van der Waals surface area (Å²) in [4.78, 5) is 29.8. The van der Waals surface area contributed by atoms with Gasteiger partial charge in [-0.3, -0.25) is 14.5 Å². The summed E-state index contributed by atoms with van der Waals surface area (Å²) in [5.74, 6) is -1.62. The predicted molar refractivity (Wildman–Crippen MR) is 128 cm³/mol. The van der Waals surface area contributed by atoms with Gasteiger partial charge in [-0.15, -0.1) is 0 Å². The second-order valence-electron chi connectivity index (χ2n) is 8.00. The van der Waals surface area contributed by atoms with Crippen molar-refractivity contribution in [1.82, 2.24) is 0 Å². The van der Waals surface area contributed by atoms with Gasteiger partial charge in [0.25, 0.3) is 11.7 Å². The smallest absolute Gasteiger partial charge is 0.300 e. The summed E-state index contributed by atoms with van der Waals surface area (Å²) in [5, 5.41) is 11.6. The second kappa shape index (κ2) is 8.52. The number of hydrogen-bond donors (Lipinski definition) is 1. The number of carbonyl (C=O) groups is 2. The van der Waals surface area contributed by atoms with Gasteiger partial charge in [0.05, 0.1) is 11.6 Å². The zero-order chi connectivity index (χ0) is 23.0. The molecule has 1 heterocycles. The number of amides is 1. The number of anilines is 2. The molecule has 1 N–H and O–H groups in total. The first kappa shape index (κ1) is 21.7. The first-order valence-corrected chi connectivity index (χ1v) is 10.6. The number of halogens is 1. The Labute approximate surface area is 192 Å². The van der Waals surface area contributed by atoms with Crippen molar-refractivity contribution in [2.24, 2.45) is 0 Å². The number of nitrogens with zero attached hydrogens (tertiary/aromatic N) is 2. The van der Waals surface area contributed by atoms with Crippen LogP contribution in [0.4, 0.5) is 11.4 Å². The number of rotatable bonds is 4. The van der Waals surface area contributed by atoms with Gasteiger partial charge in [0.2, 0.25) is 0 Å². The molecule has 1 fully saturated rings. The third-order valence-corrected chi connectivity index (χ3v) is 5.82. The third kappa shape index (κ3) is 3.87. The molecule has 0 saturated carbocycles. The lowest BCUT2D eigenvalue weighted by atomic mass is 9.95. The predicted octanol–water partition coefficient (Wildman–Crippen LogP) is 5.34. The van der Waals surface area contributed by atoms with E-state index in [0.717, 1.165) is 16.8 Å². The van der Waals surface area contributed by atoms with Crippen LogP contribution < -0.4 is 9.80 Å². The number of hydrogen-bond acceptors (Lipinski definition) is 4. The summed E-state index contributed by atoms with van der Waals surface area (Å²) in [5.41, 5.74) is 3.75. The van der Waals surface area contributed by atoms with Crippen LogP contribution in [0.1, 0.15) is 22.7 Å². The second-order valence-corrected chi connectivity index (χ2v) is 8.44. The first-order chi connectivity index (χ1) is 15.3. The molecular formula is C26H23ClN2O3. The summed E-state index contributed by atoms with van der Waals surface area (Å²) in [6, 6.07) is 20.8. The molecule has 1 unspecified atom stereocenters. The summed E-state index contributed by atoms with van der Waals surface area (Å²) >= 11 is 5.98. The van der Waals surface area contributed by atoms with E-state index in [2.05, 4.69) is 0 Å². The summed E-state index contributed by atoms with van der Waals surface area (Å²) < 4.78 is 0. The molecule has 1 aliphatic rings. The van der Waals surface area contributed by atoms with Crippen molar-refractivity contribution in [3.05, 3.63) is 100 Å². The van der Waals surface area contributed by atoms with Crippen molar-refractivity contribution in [3.63, 3.8) is 0 Å². The Morgan fingerprint density at radius 3 is 2.22 bits per heavy atom. The van der Waals surface area contributed by atoms with Crippen LogP contribution in [0.2, 0.25) is 5.02 Å². The fraction of sp³-hybridized carbons (Fsp3) is 0.154. The first-order valence-electron chi connectivity index (χ1n) is 10.2. The fourth-order valence-corrected chi connectivity index (χ4v) is 4.04. The van der Waals surface area contributed by atoms with Crippen molar-refractivity contribution >= 4 is 40.4 Å². The molecule has 162 valence electrons.